The molecule has 0 aliphatic carbocycles. The lowest BCUT2D eigenvalue weighted by Gasteiger charge is -2.09. The summed E-state index contributed by atoms with van der Waals surface area (Å²) < 4.78 is 0. The third-order valence-electron chi connectivity index (χ3n) is 2.71. The van der Waals surface area contributed by atoms with Crippen molar-refractivity contribution in [3.05, 3.63) is 71.8 Å². The molecule has 1 unspecified atom stereocenters. The van der Waals surface area contributed by atoms with Gasteiger partial charge in [-0.2, -0.15) is 0 Å². The minimum atomic E-state index is 0.356. The summed E-state index contributed by atoms with van der Waals surface area (Å²) >= 11 is 7.06. The second kappa shape index (κ2) is 7.61. The van der Waals surface area contributed by atoms with Gasteiger partial charge in [0.2, 0.25) is 0 Å². The largest absolute Gasteiger partial charge is 0.283 e. The SMILES string of the molecule is BrCC(Br)CN=C(c1ccccc1)c1ccccc1. The van der Waals surface area contributed by atoms with Gasteiger partial charge in [0.1, 0.15) is 0 Å². The average molecular weight is 381 g/mol. The van der Waals surface area contributed by atoms with E-state index in [1.807, 2.05) is 36.4 Å². The van der Waals surface area contributed by atoms with Gasteiger partial charge in [-0.25, -0.2) is 0 Å². The molecule has 0 saturated carbocycles. The van der Waals surface area contributed by atoms with Crippen LogP contribution in [-0.4, -0.2) is 22.4 Å². The minimum Gasteiger partial charge on any atom is -0.283 e. The lowest BCUT2D eigenvalue weighted by atomic mass is 10.0. The third-order valence-corrected chi connectivity index (χ3v) is 4.97. The monoisotopic (exact) mass is 379 g/mol. The highest BCUT2D eigenvalue weighted by molar-refractivity contribution is 9.12. The smallest absolute Gasteiger partial charge is 0.0719 e. The molecule has 2 aromatic rings. The Morgan fingerprint density at radius 1 is 0.895 bits per heavy atom. The molecule has 0 N–H and O–H groups in total. The number of hydrogen-bond acceptors (Lipinski definition) is 1. The van der Waals surface area contributed by atoms with Gasteiger partial charge in [0, 0.05) is 21.3 Å². The molecular weight excluding hydrogens is 366 g/mol. The van der Waals surface area contributed by atoms with E-state index in [4.69, 9.17) is 4.99 Å². The predicted molar refractivity (Wildman–Crippen MR) is 89.9 cm³/mol. The quantitative estimate of drug-likeness (QED) is 0.527. The first kappa shape index (κ1) is 14.5. The minimum absolute atomic E-state index is 0.356. The summed E-state index contributed by atoms with van der Waals surface area (Å²) in [5.74, 6) is 0. The number of rotatable bonds is 5. The molecule has 0 spiro atoms. The van der Waals surface area contributed by atoms with Crippen LogP contribution >= 0.6 is 31.9 Å². The van der Waals surface area contributed by atoms with Crippen molar-refractivity contribution >= 4 is 37.6 Å². The first-order valence-electron chi connectivity index (χ1n) is 6.16. The van der Waals surface area contributed by atoms with Crippen LogP contribution in [0.25, 0.3) is 0 Å². The topological polar surface area (TPSA) is 12.4 Å². The fourth-order valence-corrected chi connectivity index (χ4v) is 2.13. The van der Waals surface area contributed by atoms with Gasteiger partial charge in [0.05, 0.1) is 12.3 Å². The van der Waals surface area contributed by atoms with Crippen LogP contribution in [0.4, 0.5) is 0 Å². The summed E-state index contributed by atoms with van der Waals surface area (Å²) in [4.78, 5) is 5.13. The number of alkyl halides is 2. The van der Waals surface area contributed by atoms with Gasteiger partial charge in [0.25, 0.3) is 0 Å². The molecule has 98 valence electrons. The zero-order chi connectivity index (χ0) is 13.5. The Morgan fingerprint density at radius 3 is 1.79 bits per heavy atom. The molecule has 0 amide bonds. The fraction of sp³-hybridized carbons (Fsp3) is 0.188. The summed E-state index contributed by atoms with van der Waals surface area (Å²) in [5.41, 5.74) is 3.36. The number of nitrogens with zero attached hydrogens (tertiary/aromatic N) is 1. The maximum absolute atomic E-state index is 4.77. The van der Waals surface area contributed by atoms with Crippen LogP contribution in [0.5, 0.6) is 0 Å². The van der Waals surface area contributed by atoms with Gasteiger partial charge < -0.3 is 0 Å². The van der Waals surface area contributed by atoms with Crippen LogP contribution in [0, 0.1) is 0 Å². The van der Waals surface area contributed by atoms with Gasteiger partial charge in [-0.1, -0.05) is 92.5 Å². The summed E-state index contributed by atoms with van der Waals surface area (Å²) in [6, 6.07) is 20.6. The molecule has 0 heterocycles. The standard InChI is InChI=1S/C16H15Br2N/c17-11-15(18)12-19-16(13-7-3-1-4-8-13)14-9-5-2-6-10-14/h1-10,15H,11-12H2. The van der Waals surface area contributed by atoms with E-state index in [-0.39, 0.29) is 0 Å². The highest BCUT2D eigenvalue weighted by Gasteiger charge is 2.07. The van der Waals surface area contributed by atoms with Crippen LogP contribution in [0.15, 0.2) is 65.7 Å². The molecule has 0 fully saturated rings. The fourth-order valence-electron chi connectivity index (χ4n) is 1.78. The molecular formula is C16H15Br2N. The van der Waals surface area contributed by atoms with Crippen molar-refractivity contribution in [3.8, 4) is 0 Å². The van der Waals surface area contributed by atoms with E-state index in [1.165, 1.54) is 0 Å². The van der Waals surface area contributed by atoms with E-state index in [0.29, 0.717) is 4.83 Å². The summed E-state index contributed by atoms with van der Waals surface area (Å²) in [6.07, 6.45) is 0. The van der Waals surface area contributed by atoms with Gasteiger partial charge in [-0.15, -0.1) is 0 Å². The van der Waals surface area contributed by atoms with E-state index in [0.717, 1.165) is 28.7 Å². The van der Waals surface area contributed by atoms with Crippen LogP contribution in [-0.2, 0) is 0 Å². The van der Waals surface area contributed by atoms with Gasteiger partial charge in [0.15, 0.2) is 0 Å². The van der Waals surface area contributed by atoms with Gasteiger partial charge in [-0.3, -0.25) is 4.99 Å². The lowest BCUT2D eigenvalue weighted by Crippen LogP contribution is -2.09. The number of aliphatic imine (C=N–C) groups is 1. The van der Waals surface area contributed by atoms with Gasteiger partial charge in [-0.05, 0) is 0 Å². The molecule has 0 bridgehead atoms. The van der Waals surface area contributed by atoms with Crippen molar-refractivity contribution in [2.45, 2.75) is 4.83 Å². The molecule has 19 heavy (non-hydrogen) atoms. The summed E-state index contributed by atoms with van der Waals surface area (Å²) in [5, 5.41) is 0.896. The Labute approximate surface area is 131 Å². The number of halogens is 2. The van der Waals surface area contributed by atoms with Crippen LogP contribution < -0.4 is 0 Å². The van der Waals surface area contributed by atoms with E-state index in [9.17, 15) is 0 Å². The van der Waals surface area contributed by atoms with E-state index < -0.39 is 0 Å². The first-order chi connectivity index (χ1) is 9.31. The number of hydrogen-bond donors (Lipinski definition) is 0. The van der Waals surface area contributed by atoms with Crippen LogP contribution in [0.3, 0.4) is 0 Å². The summed E-state index contributed by atoms with van der Waals surface area (Å²) in [6.45, 7) is 0.754. The van der Waals surface area contributed by atoms with E-state index >= 15 is 0 Å². The number of benzene rings is 2. The highest BCUT2D eigenvalue weighted by Crippen LogP contribution is 2.12. The predicted octanol–water partition coefficient (Wildman–Crippen LogP) is 4.68. The molecule has 0 radical (unpaired) electrons. The molecule has 0 aliphatic rings. The molecule has 1 atom stereocenters. The Hall–Kier alpha value is -0.930. The Kier molecular flexibility index (Phi) is 5.80. The second-order valence-electron chi connectivity index (χ2n) is 4.17. The van der Waals surface area contributed by atoms with Crippen LogP contribution in [0.1, 0.15) is 11.1 Å². The van der Waals surface area contributed by atoms with Crippen molar-refractivity contribution in [1.82, 2.24) is 0 Å². The van der Waals surface area contributed by atoms with E-state index in [2.05, 4.69) is 56.1 Å². The maximum Gasteiger partial charge on any atom is 0.0719 e. The molecule has 0 aromatic heterocycles. The van der Waals surface area contributed by atoms with Crippen molar-refractivity contribution < 1.29 is 0 Å². The summed E-state index contributed by atoms with van der Waals surface area (Å²) in [7, 11) is 0. The first-order valence-corrected chi connectivity index (χ1v) is 8.20. The molecule has 2 aromatic carbocycles. The van der Waals surface area contributed by atoms with Crippen molar-refractivity contribution in [3.63, 3.8) is 0 Å². The molecule has 3 heteroatoms. The zero-order valence-corrected chi connectivity index (χ0v) is 13.6. The second-order valence-corrected chi connectivity index (χ2v) is 6.12. The van der Waals surface area contributed by atoms with Gasteiger partial charge >= 0.3 is 0 Å². The third kappa shape index (κ3) is 4.29. The highest BCUT2D eigenvalue weighted by atomic mass is 79.9. The van der Waals surface area contributed by atoms with Crippen molar-refractivity contribution in [2.24, 2.45) is 4.99 Å². The van der Waals surface area contributed by atoms with Crippen molar-refractivity contribution in [1.29, 1.82) is 0 Å². The molecule has 0 saturated heterocycles. The Morgan fingerprint density at radius 2 is 1.37 bits per heavy atom. The average Bonchev–Trinajstić information content (AvgIpc) is 2.49. The normalized spacial score (nSPS) is 11.9. The zero-order valence-electron chi connectivity index (χ0n) is 10.5. The van der Waals surface area contributed by atoms with E-state index in [1.54, 1.807) is 0 Å². The molecule has 0 aliphatic heterocycles. The Balaban J connectivity index is 2.34. The van der Waals surface area contributed by atoms with Crippen LogP contribution in [0.2, 0.25) is 0 Å². The maximum atomic E-state index is 4.77. The Bertz CT molecular complexity index is 481. The molecule has 2 rings (SSSR count). The van der Waals surface area contributed by atoms with Crippen molar-refractivity contribution in [2.75, 3.05) is 11.9 Å². The molecule has 1 nitrogen and oxygen atoms in total. The lowest BCUT2D eigenvalue weighted by molar-refractivity contribution is 0.984.